The normalized spacial score (nSPS) is 18.2. The Bertz CT molecular complexity index is 352. The van der Waals surface area contributed by atoms with E-state index < -0.39 is 6.29 Å². The van der Waals surface area contributed by atoms with Crippen LogP contribution in [-0.4, -0.2) is 13.4 Å². The molecule has 0 bridgehead atoms. The van der Waals surface area contributed by atoms with Gasteiger partial charge in [0.1, 0.15) is 11.5 Å². The molecular weight excluding hydrogens is 194 g/mol. The minimum absolute atomic E-state index is 0.0978. The van der Waals surface area contributed by atoms with Gasteiger partial charge in [-0.25, -0.2) is 0 Å². The zero-order valence-electron chi connectivity index (χ0n) is 7.42. The molecule has 1 aliphatic heterocycles. The van der Waals surface area contributed by atoms with Crippen molar-refractivity contribution in [1.82, 2.24) is 0 Å². The van der Waals surface area contributed by atoms with E-state index in [9.17, 15) is 8.78 Å². The molecule has 0 radical (unpaired) electrons. The summed E-state index contributed by atoms with van der Waals surface area (Å²) >= 11 is 0. The summed E-state index contributed by atoms with van der Waals surface area (Å²) in [4.78, 5) is 0. The van der Waals surface area contributed by atoms with Crippen LogP contribution in [-0.2, 0) is 11.3 Å². The third-order valence-corrected chi connectivity index (χ3v) is 1.92. The number of fused-ring (bicyclic) bond motifs is 1. The third-order valence-electron chi connectivity index (χ3n) is 1.92. The molecule has 0 N–H and O–H groups in total. The summed E-state index contributed by atoms with van der Waals surface area (Å²) in [7, 11) is 1.46. The highest BCUT2D eigenvalue weighted by Crippen LogP contribution is 2.37. The molecule has 1 heterocycles. The van der Waals surface area contributed by atoms with Gasteiger partial charge < -0.3 is 9.47 Å². The highest BCUT2D eigenvalue weighted by Gasteiger charge is 2.39. The highest BCUT2D eigenvalue weighted by molar-refractivity contribution is 5.45. The van der Waals surface area contributed by atoms with Crippen LogP contribution in [0.25, 0.3) is 0 Å². The third kappa shape index (κ3) is 1.50. The molecule has 0 amide bonds. The lowest BCUT2D eigenvalue weighted by molar-refractivity contribution is -0.368. The fourth-order valence-electron chi connectivity index (χ4n) is 1.29. The van der Waals surface area contributed by atoms with Crippen molar-refractivity contribution in [3.8, 4) is 11.5 Å². The predicted octanol–water partition coefficient (Wildman–Crippen LogP) is 2.15. The highest BCUT2D eigenvalue weighted by atomic mass is 19.3. The summed E-state index contributed by atoms with van der Waals surface area (Å²) in [6.45, 7) is -0.216. The molecule has 0 saturated carbocycles. The predicted molar refractivity (Wildman–Crippen MR) is 43.4 cm³/mol. The Morgan fingerprint density at radius 1 is 1.43 bits per heavy atom. The SMILES string of the molecule is COc1cccc2c1COC(F)(F)O2. The number of alkyl halides is 2. The number of halogens is 2. The molecule has 0 saturated heterocycles. The van der Waals surface area contributed by atoms with Crippen molar-refractivity contribution in [3.05, 3.63) is 23.8 Å². The summed E-state index contributed by atoms with van der Waals surface area (Å²) in [5.74, 6) is 0.582. The Morgan fingerprint density at radius 3 is 2.93 bits per heavy atom. The van der Waals surface area contributed by atoms with Crippen LogP contribution in [0.15, 0.2) is 18.2 Å². The maximum absolute atomic E-state index is 12.6. The van der Waals surface area contributed by atoms with Crippen molar-refractivity contribution in [1.29, 1.82) is 0 Å². The zero-order valence-corrected chi connectivity index (χ0v) is 7.42. The maximum atomic E-state index is 12.6. The van der Waals surface area contributed by atoms with Gasteiger partial charge in [0.2, 0.25) is 0 Å². The number of ether oxygens (including phenoxy) is 3. The van der Waals surface area contributed by atoms with E-state index in [1.54, 1.807) is 12.1 Å². The summed E-state index contributed by atoms with van der Waals surface area (Å²) in [5.41, 5.74) is 0.501. The molecule has 5 heteroatoms. The van der Waals surface area contributed by atoms with E-state index in [0.717, 1.165) is 0 Å². The van der Waals surface area contributed by atoms with Crippen LogP contribution in [0.5, 0.6) is 11.5 Å². The second-order valence-corrected chi connectivity index (χ2v) is 2.79. The summed E-state index contributed by atoms with van der Waals surface area (Å²) in [6, 6.07) is 4.70. The number of benzene rings is 1. The Kier molecular flexibility index (Phi) is 2.03. The van der Waals surface area contributed by atoms with Crippen LogP contribution < -0.4 is 9.47 Å². The van der Waals surface area contributed by atoms with Gasteiger partial charge in [0, 0.05) is 0 Å². The van der Waals surface area contributed by atoms with E-state index in [1.165, 1.54) is 13.2 Å². The smallest absolute Gasteiger partial charge is 0.496 e. The Balaban J connectivity index is 2.40. The zero-order chi connectivity index (χ0) is 10.2. The minimum Gasteiger partial charge on any atom is -0.496 e. The van der Waals surface area contributed by atoms with Crippen molar-refractivity contribution in [2.45, 2.75) is 12.9 Å². The van der Waals surface area contributed by atoms with Crippen molar-refractivity contribution in [2.24, 2.45) is 0 Å². The summed E-state index contributed by atoms with van der Waals surface area (Å²) in [6.07, 6.45) is -3.54. The van der Waals surface area contributed by atoms with Crippen LogP contribution in [0.4, 0.5) is 8.78 Å². The van der Waals surface area contributed by atoms with Gasteiger partial charge in [-0.2, -0.15) is 0 Å². The van der Waals surface area contributed by atoms with Gasteiger partial charge in [0.25, 0.3) is 0 Å². The molecule has 14 heavy (non-hydrogen) atoms. The van der Waals surface area contributed by atoms with Crippen LogP contribution in [0.3, 0.4) is 0 Å². The second kappa shape index (κ2) is 3.09. The molecule has 0 atom stereocenters. The second-order valence-electron chi connectivity index (χ2n) is 2.79. The Hall–Kier alpha value is -1.36. The first-order valence-electron chi connectivity index (χ1n) is 3.99. The van der Waals surface area contributed by atoms with Crippen molar-refractivity contribution in [2.75, 3.05) is 7.11 Å². The molecule has 1 aliphatic rings. The first-order valence-corrected chi connectivity index (χ1v) is 3.99. The van der Waals surface area contributed by atoms with Gasteiger partial charge in [-0.15, -0.1) is 8.78 Å². The minimum atomic E-state index is -3.54. The van der Waals surface area contributed by atoms with Gasteiger partial charge >= 0.3 is 6.29 Å². The van der Waals surface area contributed by atoms with Crippen LogP contribution >= 0.6 is 0 Å². The van der Waals surface area contributed by atoms with E-state index in [-0.39, 0.29) is 12.4 Å². The van der Waals surface area contributed by atoms with E-state index in [4.69, 9.17) is 4.74 Å². The van der Waals surface area contributed by atoms with Crippen molar-refractivity contribution < 1.29 is 23.0 Å². The molecule has 0 aromatic heterocycles. The maximum Gasteiger partial charge on any atom is 0.535 e. The van der Waals surface area contributed by atoms with Crippen LogP contribution in [0.2, 0.25) is 0 Å². The Labute approximate surface area is 79.2 Å². The van der Waals surface area contributed by atoms with Gasteiger partial charge in [-0.3, -0.25) is 4.74 Å². The quantitative estimate of drug-likeness (QED) is 0.698. The van der Waals surface area contributed by atoms with Gasteiger partial charge in [-0.05, 0) is 12.1 Å². The van der Waals surface area contributed by atoms with Gasteiger partial charge in [0.15, 0.2) is 0 Å². The van der Waals surface area contributed by atoms with E-state index in [2.05, 4.69) is 9.47 Å². The van der Waals surface area contributed by atoms with E-state index in [0.29, 0.717) is 11.3 Å². The topological polar surface area (TPSA) is 27.7 Å². The molecule has 76 valence electrons. The molecule has 0 aliphatic carbocycles. The molecule has 3 nitrogen and oxygen atoms in total. The summed E-state index contributed by atoms with van der Waals surface area (Å²) < 4.78 is 38.8. The van der Waals surface area contributed by atoms with Crippen LogP contribution in [0.1, 0.15) is 5.56 Å². The molecule has 0 fully saturated rings. The first kappa shape index (κ1) is 9.21. The van der Waals surface area contributed by atoms with Crippen molar-refractivity contribution >= 4 is 0 Å². The van der Waals surface area contributed by atoms with Gasteiger partial charge in [0.05, 0.1) is 19.3 Å². The molecule has 1 aromatic rings. The standard InChI is InChI=1S/C9H8F2O3/c1-12-7-3-2-4-8-6(7)5-13-9(10,11)14-8/h2-4H,5H2,1H3. The summed E-state index contributed by atoms with van der Waals surface area (Å²) in [5, 5.41) is 0. The lowest BCUT2D eigenvalue weighted by Gasteiger charge is -2.25. The molecular formula is C9H8F2O3. The van der Waals surface area contributed by atoms with Crippen LogP contribution in [0, 0.1) is 0 Å². The largest absolute Gasteiger partial charge is 0.535 e. The van der Waals surface area contributed by atoms with Crippen molar-refractivity contribution in [3.63, 3.8) is 0 Å². The number of hydrogen-bond acceptors (Lipinski definition) is 3. The van der Waals surface area contributed by atoms with Gasteiger partial charge in [-0.1, -0.05) is 6.07 Å². The molecule has 0 unspecified atom stereocenters. The lowest BCUT2D eigenvalue weighted by Crippen LogP contribution is -2.32. The lowest BCUT2D eigenvalue weighted by atomic mass is 10.2. The van der Waals surface area contributed by atoms with E-state index in [1.807, 2.05) is 0 Å². The number of rotatable bonds is 1. The molecule has 1 aromatic carbocycles. The fraction of sp³-hybridized carbons (Fsp3) is 0.333. The van der Waals surface area contributed by atoms with E-state index >= 15 is 0 Å². The first-order chi connectivity index (χ1) is 6.62. The number of hydrogen-bond donors (Lipinski definition) is 0. The number of methoxy groups -OCH3 is 1. The monoisotopic (exact) mass is 202 g/mol. The molecule has 0 spiro atoms. The molecule has 2 rings (SSSR count). The average molecular weight is 202 g/mol. The average Bonchev–Trinajstić information content (AvgIpc) is 2.15. The Morgan fingerprint density at radius 2 is 2.21 bits per heavy atom. The fourth-order valence-corrected chi connectivity index (χ4v) is 1.29.